The predicted octanol–water partition coefficient (Wildman–Crippen LogP) is 4.05. The van der Waals surface area contributed by atoms with Crippen molar-refractivity contribution >= 4 is 12.0 Å². The zero-order valence-electron chi connectivity index (χ0n) is 14.6. The number of amides is 1. The van der Waals surface area contributed by atoms with Gasteiger partial charge in [-0.3, -0.25) is 4.79 Å². The number of nitrogens with one attached hydrogen (secondary N) is 1. The van der Waals surface area contributed by atoms with Gasteiger partial charge in [-0.05, 0) is 42.7 Å². The fraction of sp³-hybridized carbons (Fsp3) is 0.286. The van der Waals surface area contributed by atoms with E-state index in [2.05, 4.69) is 5.32 Å². The normalized spacial score (nSPS) is 14.3. The first-order valence-electron chi connectivity index (χ1n) is 8.60. The first-order chi connectivity index (χ1) is 12.2. The first-order valence-corrected chi connectivity index (χ1v) is 8.60. The molecule has 25 heavy (non-hydrogen) atoms. The molecule has 1 aliphatic heterocycles. The maximum Gasteiger partial charge on any atom is 0.244 e. The highest BCUT2D eigenvalue weighted by Gasteiger charge is 2.16. The average Bonchev–Trinajstić information content (AvgIpc) is 2.64. The fourth-order valence-corrected chi connectivity index (χ4v) is 2.86. The average molecular weight is 337 g/mol. The van der Waals surface area contributed by atoms with Crippen LogP contribution in [0.3, 0.4) is 0 Å². The molecule has 130 valence electrons. The van der Waals surface area contributed by atoms with Crippen LogP contribution in [0.25, 0.3) is 6.08 Å². The van der Waals surface area contributed by atoms with E-state index in [4.69, 9.17) is 9.47 Å². The lowest BCUT2D eigenvalue weighted by Gasteiger charge is -2.22. The van der Waals surface area contributed by atoms with E-state index in [1.165, 1.54) is 5.56 Å². The smallest absolute Gasteiger partial charge is 0.244 e. The SMILES string of the molecule is CCC(NC(=O)/C=C/c1cccc(C)c1)c1ccc2c(c1)OCCO2. The predicted molar refractivity (Wildman–Crippen MR) is 98.8 cm³/mol. The second-order valence-corrected chi connectivity index (χ2v) is 6.12. The van der Waals surface area contributed by atoms with E-state index in [1.807, 2.05) is 62.4 Å². The topological polar surface area (TPSA) is 47.6 Å². The van der Waals surface area contributed by atoms with Gasteiger partial charge in [0.1, 0.15) is 13.2 Å². The number of fused-ring (bicyclic) bond motifs is 1. The third kappa shape index (κ3) is 4.41. The van der Waals surface area contributed by atoms with Gasteiger partial charge in [-0.2, -0.15) is 0 Å². The van der Waals surface area contributed by atoms with Crippen LogP contribution in [-0.4, -0.2) is 19.1 Å². The molecule has 1 unspecified atom stereocenters. The summed E-state index contributed by atoms with van der Waals surface area (Å²) in [4.78, 5) is 12.3. The Balaban J connectivity index is 1.68. The molecule has 0 aliphatic carbocycles. The molecule has 2 aromatic carbocycles. The molecular formula is C21H23NO3. The summed E-state index contributed by atoms with van der Waals surface area (Å²) in [6, 6.07) is 13.8. The Kier molecular flexibility index (Phi) is 5.39. The number of rotatable bonds is 5. The number of carbonyl (C=O) groups excluding carboxylic acids is 1. The molecule has 0 fully saturated rings. The van der Waals surface area contributed by atoms with Gasteiger partial charge in [-0.1, -0.05) is 42.8 Å². The van der Waals surface area contributed by atoms with Crippen molar-refractivity contribution in [1.29, 1.82) is 0 Å². The maximum atomic E-state index is 12.3. The van der Waals surface area contributed by atoms with Crippen molar-refractivity contribution in [2.75, 3.05) is 13.2 Å². The van der Waals surface area contributed by atoms with Gasteiger partial charge in [0.15, 0.2) is 11.5 Å². The van der Waals surface area contributed by atoms with Crippen LogP contribution in [-0.2, 0) is 4.79 Å². The van der Waals surface area contributed by atoms with Gasteiger partial charge in [-0.25, -0.2) is 0 Å². The quantitative estimate of drug-likeness (QED) is 0.838. The third-order valence-electron chi connectivity index (χ3n) is 4.16. The second kappa shape index (κ2) is 7.88. The first kappa shape index (κ1) is 17.1. The van der Waals surface area contributed by atoms with Crippen LogP contribution in [0.5, 0.6) is 11.5 Å². The molecule has 0 aromatic heterocycles. The Hall–Kier alpha value is -2.75. The monoisotopic (exact) mass is 337 g/mol. The number of benzene rings is 2. The third-order valence-corrected chi connectivity index (χ3v) is 4.16. The minimum atomic E-state index is -0.108. The second-order valence-electron chi connectivity index (χ2n) is 6.12. The molecule has 0 saturated carbocycles. The maximum absolute atomic E-state index is 12.3. The number of hydrogen-bond donors (Lipinski definition) is 1. The van der Waals surface area contributed by atoms with Crippen molar-refractivity contribution in [2.45, 2.75) is 26.3 Å². The Morgan fingerprint density at radius 3 is 2.72 bits per heavy atom. The Labute approximate surface area is 148 Å². The van der Waals surface area contributed by atoms with Crippen LogP contribution < -0.4 is 14.8 Å². The van der Waals surface area contributed by atoms with Crippen LogP contribution in [0.1, 0.15) is 36.1 Å². The van der Waals surface area contributed by atoms with E-state index >= 15 is 0 Å². The molecule has 1 heterocycles. The highest BCUT2D eigenvalue weighted by molar-refractivity contribution is 5.92. The zero-order chi connectivity index (χ0) is 17.6. The van der Waals surface area contributed by atoms with Gasteiger partial charge in [-0.15, -0.1) is 0 Å². The minimum absolute atomic E-state index is 0.0644. The molecule has 4 nitrogen and oxygen atoms in total. The van der Waals surface area contributed by atoms with E-state index < -0.39 is 0 Å². The Morgan fingerprint density at radius 1 is 1.16 bits per heavy atom. The van der Waals surface area contributed by atoms with Gasteiger partial charge in [0, 0.05) is 6.08 Å². The molecular weight excluding hydrogens is 314 g/mol. The van der Waals surface area contributed by atoms with Gasteiger partial charge in [0.2, 0.25) is 5.91 Å². The van der Waals surface area contributed by atoms with E-state index in [1.54, 1.807) is 6.08 Å². The van der Waals surface area contributed by atoms with Crippen LogP contribution in [0.4, 0.5) is 0 Å². The molecule has 0 saturated heterocycles. The number of ether oxygens (including phenoxy) is 2. The van der Waals surface area contributed by atoms with Crippen molar-refractivity contribution in [3.63, 3.8) is 0 Å². The largest absolute Gasteiger partial charge is 0.486 e. The van der Waals surface area contributed by atoms with E-state index in [-0.39, 0.29) is 11.9 Å². The Morgan fingerprint density at radius 2 is 1.96 bits per heavy atom. The molecule has 0 bridgehead atoms. The zero-order valence-corrected chi connectivity index (χ0v) is 14.6. The van der Waals surface area contributed by atoms with Gasteiger partial charge >= 0.3 is 0 Å². The number of hydrogen-bond acceptors (Lipinski definition) is 3. The lowest BCUT2D eigenvalue weighted by molar-refractivity contribution is -0.117. The van der Waals surface area contributed by atoms with Gasteiger partial charge in [0.25, 0.3) is 0 Å². The molecule has 1 amide bonds. The van der Waals surface area contributed by atoms with Crippen molar-refractivity contribution < 1.29 is 14.3 Å². The summed E-state index contributed by atoms with van der Waals surface area (Å²) in [5.74, 6) is 1.39. The van der Waals surface area contributed by atoms with Crippen LogP contribution in [0.15, 0.2) is 48.5 Å². The van der Waals surface area contributed by atoms with Crippen molar-refractivity contribution in [3.8, 4) is 11.5 Å². The number of aryl methyl sites for hydroxylation is 1. The van der Waals surface area contributed by atoms with E-state index in [0.29, 0.717) is 13.2 Å². The summed E-state index contributed by atoms with van der Waals surface area (Å²) in [5, 5.41) is 3.05. The van der Waals surface area contributed by atoms with E-state index in [0.717, 1.165) is 29.0 Å². The minimum Gasteiger partial charge on any atom is -0.486 e. The lowest BCUT2D eigenvalue weighted by atomic mass is 10.0. The van der Waals surface area contributed by atoms with Crippen molar-refractivity contribution in [2.24, 2.45) is 0 Å². The summed E-state index contributed by atoms with van der Waals surface area (Å²) >= 11 is 0. The summed E-state index contributed by atoms with van der Waals surface area (Å²) in [5.41, 5.74) is 3.21. The van der Waals surface area contributed by atoms with E-state index in [9.17, 15) is 4.79 Å². The Bertz CT molecular complexity index is 782. The molecule has 1 N–H and O–H groups in total. The van der Waals surface area contributed by atoms with Crippen LogP contribution >= 0.6 is 0 Å². The summed E-state index contributed by atoms with van der Waals surface area (Å²) in [6.45, 7) is 5.21. The van der Waals surface area contributed by atoms with Crippen LogP contribution in [0.2, 0.25) is 0 Å². The standard InChI is InChI=1S/C21H23NO3/c1-3-18(17-8-9-19-20(14-17)25-12-11-24-19)22-21(23)10-7-16-6-4-5-15(2)13-16/h4-10,13-14,18H,3,11-12H2,1-2H3,(H,22,23)/b10-7+. The van der Waals surface area contributed by atoms with Gasteiger partial charge < -0.3 is 14.8 Å². The molecule has 2 aromatic rings. The molecule has 0 spiro atoms. The summed E-state index contributed by atoms with van der Waals surface area (Å²) in [6.07, 6.45) is 4.21. The highest BCUT2D eigenvalue weighted by atomic mass is 16.6. The summed E-state index contributed by atoms with van der Waals surface area (Å²) < 4.78 is 11.2. The molecule has 3 rings (SSSR count). The van der Waals surface area contributed by atoms with Crippen molar-refractivity contribution in [1.82, 2.24) is 5.32 Å². The number of carbonyl (C=O) groups is 1. The highest BCUT2D eigenvalue weighted by Crippen LogP contribution is 2.33. The summed E-state index contributed by atoms with van der Waals surface area (Å²) in [7, 11) is 0. The lowest BCUT2D eigenvalue weighted by Crippen LogP contribution is -2.26. The van der Waals surface area contributed by atoms with Crippen LogP contribution in [0, 0.1) is 6.92 Å². The molecule has 1 atom stereocenters. The molecule has 4 heteroatoms. The van der Waals surface area contributed by atoms with Gasteiger partial charge in [0.05, 0.1) is 6.04 Å². The van der Waals surface area contributed by atoms with Crippen molar-refractivity contribution in [3.05, 3.63) is 65.2 Å². The molecule has 0 radical (unpaired) electrons. The fourth-order valence-electron chi connectivity index (χ4n) is 2.86. The molecule has 1 aliphatic rings.